The van der Waals surface area contributed by atoms with Gasteiger partial charge in [0.1, 0.15) is 0 Å². The van der Waals surface area contributed by atoms with Gasteiger partial charge in [-0.1, -0.05) is 6.92 Å². The highest BCUT2D eigenvalue weighted by molar-refractivity contribution is 5.80. The Balaban J connectivity index is 1.88. The van der Waals surface area contributed by atoms with Gasteiger partial charge in [0, 0.05) is 32.7 Å². The lowest BCUT2D eigenvalue weighted by Gasteiger charge is -2.25. The summed E-state index contributed by atoms with van der Waals surface area (Å²) < 4.78 is 0. The van der Waals surface area contributed by atoms with Crippen molar-refractivity contribution in [1.82, 2.24) is 15.1 Å². The molecule has 0 spiro atoms. The van der Waals surface area contributed by atoms with Crippen LogP contribution in [-0.2, 0) is 9.59 Å². The zero-order chi connectivity index (χ0) is 13.8. The third-order valence-electron chi connectivity index (χ3n) is 4.11. The fraction of sp³-hybridized carbons (Fsp3) is 0.846. The van der Waals surface area contributed by atoms with Crippen LogP contribution in [0.2, 0.25) is 0 Å². The van der Waals surface area contributed by atoms with Crippen molar-refractivity contribution in [2.24, 2.45) is 17.6 Å². The first-order chi connectivity index (χ1) is 9.08. The Hall–Kier alpha value is -1.14. The minimum atomic E-state index is -0.298. The highest BCUT2D eigenvalue weighted by atomic mass is 16.2. The van der Waals surface area contributed by atoms with Gasteiger partial charge in [0.25, 0.3) is 0 Å². The van der Waals surface area contributed by atoms with Gasteiger partial charge in [0.15, 0.2) is 0 Å². The van der Waals surface area contributed by atoms with Crippen LogP contribution in [0.3, 0.4) is 0 Å². The lowest BCUT2D eigenvalue weighted by atomic mass is 9.96. The predicted octanol–water partition coefficient (Wildman–Crippen LogP) is -1.14. The number of primary amides is 1. The normalized spacial score (nSPS) is 29.2. The average Bonchev–Trinajstić information content (AvgIpc) is 2.64. The molecule has 108 valence electrons. The van der Waals surface area contributed by atoms with Crippen molar-refractivity contribution in [2.75, 3.05) is 45.8 Å². The van der Waals surface area contributed by atoms with Crippen molar-refractivity contribution < 1.29 is 9.59 Å². The SMILES string of the molecule is CC1CNCC1C(=O)N1CCCN(CC(N)=O)CC1. The summed E-state index contributed by atoms with van der Waals surface area (Å²) in [7, 11) is 0. The molecule has 0 saturated carbocycles. The fourth-order valence-electron chi connectivity index (χ4n) is 2.94. The van der Waals surface area contributed by atoms with Crippen molar-refractivity contribution in [3.8, 4) is 0 Å². The second kappa shape index (κ2) is 6.34. The molecule has 0 bridgehead atoms. The zero-order valence-corrected chi connectivity index (χ0v) is 11.6. The zero-order valence-electron chi connectivity index (χ0n) is 11.6. The number of nitrogens with one attached hydrogen (secondary N) is 1. The second-order valence-corrected chi connectivity index (χ2v) is 5.66. The van der Waals surface area contributed by atoms with Crippen molar-refractivity contribution in [1.29, 1.82) is 0 Å². The molecule has 2 atom stereocenters. The number of rotatable bonds is 3. The molecule has 0 aromatic rings. The number of nitrogens with two attached hydrogens (primary N) is 1. The Labute approximate surface area is 114 Å². The molecule has 0 aliphatic carbocycles. The van der Waals surface area contributed by atoms with Gasteiger partial charge < -0.3 is 16.0 Å². The highest BCUT2D eigenvalue weighted by Crippen LogP contribution is 2.19. The molecule has 2 fully saturated rings. The molecule has 0 radical (unpaired) electrons. The van der Waals surface area contributed by atoms with E-state index in [-0.39, 0.29) is 17.7 Å². The predicted molar refractivity (Wildman–Crippen MR) is 72.4 cm³/mol. The van der Waals surface area contributed by atoms with Gasteiger partial charge in [-0.25, -0.2) is 0 Å². The number of hydrogen-bond acceptors (Lipinski definition) is 4. The molecule has 2 aliphatic heterocycles. The lowest BCUT2D eigenvalue weighted by molar-refractivity contribution is -0.135. The van der Waals surface area contributed by atoms with E-state index >= 15 is 0 Å². The van der Waals surface area contributed by atoms with Gasteiger partial charge in [-0.3, -0.25) is 14.5 Å². The summed E-state index contributed by atoms with van der Waals surface area (Å²) in [5.74, 6) is 0.493. The molecule has 0 aromatic carbocycles. The van der Waals surface area contributed by atoms with Crippen LogP contribution in [0.1, 0.15) is 13.3 Å². The van der Waals surface area contributed by atoms with Crippen LogP contribution in [0.15, 0.2) is 0 Å². The number of carbonyl (C=O) groups excluding carboxylic acids is 2. The molecule has 2 heterocycles. The molecule has 2 unspecified atom stereocenters. The Kier molecular flexibility index (Phi) is 4.76. The van der Waals surface area contributed by atoms with Gasteiger partial charge in [-0.2, -0.15) is 0 Å². The van der Waals surface area contributed by atoms with E-state index in [1.54, 1.807) is 0 Å². The van der Waals surface area contributed by atoms with E-state index in [2.05, 4.69) is 12.2 Å². The van der Waals surface area contributed by atoms with Crippen LogP contribution < -0.4 is 11.1 Å². The summed E-state index contributed by atoms with van der Waals surface area (Å²) >= 11 is 0. The molecule has 6 nitrogen and oxygen atoms in total. The minimum Gasteiger partial charge on any atom is -0.369 e. The number of carbonyl (C=O) groups is 2. The summed E-state index contributed by atoms with van der Waals surface area (Å²) in [6.07, 6.45) is 0.910. The Morgan fingerprint density at radius 2 is 2.00 bits per heavy atom. The molecule has 3 N–H and O–H groups in total. The smallest absolute Gasteiger partial charge is 0.231 e. The van der Waals surface area contributed by atoms with E-state index in [0.717, 1.165) is 39.1 Å². The first-order valence-electron chi connectivity index (χ1n) is 7.08. The number of amides is 2. The largest absolute Gasteiger partial charge is 0.369 e. The molecule has 2 rings (SSSR count). The molecular formula is C13H24N4O2. The summed E-state index contributed by atoms with van der Waals surface area (Å²) in [5, 5.41) is 3.27. The van der Waals surface area contributed by atoms with Gasteiger partial charge in [-0.15, -0.1) is 0 Å². The van der Waals surface area contributed by atoms with E-state index in [0.29, 0.717) is 19.0 Å². The summed E-state index contributed by atoms with van der Waals surface area (Å²) in [4.78, 5) is 27.4. The maximum Gasteiger partial charge on any atom is 0.231 e. The Morgan fingerprint density at radius 1 is 1.21 bits per heavy atom. The number of nitrogens with zero attached hydrogens (tertiary/aromatic N) is 2. The van der Waals surface area contributed by atoms with Gasteiger partial charge in [0.05, 0.1) is 12.5 Å². The first kappa shape index (κ1) is 14.3. The van der Waals surface area contributed by atoms with Crippen LogP contribution in [-0.4, -0.2) is 67.4 Å². The molecule has 19 heavy (non-hydrogen) atoms. The molecular weight excluding hydrogens is 244 g/mol. The Bertz CT molecular complexity index is 348. The van der Waals surface area contributed by atoms with Crippen molar-refractivity contribution in [2.45, 2.75) is 13.3 Å². The van der Waals surface area contributed by atoms with Gasteiger partial charge >= 0.3 is 0 Å². The lowest BCUT2D eigenvalue weighted by Crippen LogP contribution is -2.41. The van der Waals surface area contributed by atoms with E-state index < -0.39 is 0 Å². The van der Waals surface area contributed by atoms with Crippen LogP contribution in [0, 0.1) is 11.8 Å². The third-order valence-corrected chi connectivity index (χ3v) is 4.11. The van der Waals surface area contributed by atoms with E-state index in [9.17, 15) is 9.59 Å². The Morgan fingerprint density at radius 3 is 2.63 bits per heavy atom. The van der Waals surface area contributed by atoms with Crippen LogP contribution in [0.5, 0.6) is 0 Å². The molecule has 2 amide bonds. The maximum absolute atomic E-state index is 12.5. The quantitative estimate of drug-likeness (QED) is 0.678. The molecule has 6 heteroatoms. The topological polar surface area (TPSA) is 78.7 Å². The third kappa shape index (κ3) is 3.67. The molecule has 2 saturated heterocycles. The number of hydrogen-bond donors (Lipinski definition) is 2. The standard InChI is InChI=1S/C13H24N4O2/c1-10-7-15-8-11(10)13(19)17-4-2-3-16(5-6-17)9-12(14)18/h10-11,15H,2-9H2,1H3,(H2,14,18). The summed E-state index contributed by atoms with van der Waals surface area (Å²) in [5.41, 5.74) is 5.22. The fourth-order valence-corrected chi connectivity index (χ4v) is 2.94. The first-order valence-corrected chi connectivity index (χ1v) is 7.08. The van der Waals surface area contributed by atoms with Gasteiger partial charge in [0.2, 0.25) is 11.8 Å². The molecule has 2 aliphatic rings. The van der Waals surface area contributed by atoms with E-state index in [1.165, 1.54) is 0 Å². The van der Waals surface area contributed by atoms with Crippen LogP contribution in [0.4, 0.5) is 0 Å². The monoisotopic (exact) mass is 268 g/mol. The summed E-state index contributed by atoms with van der Waals surface area (Å²) in [6, 6.07) is 0. The minimum absolute atomic E-state index is 0.114. The van der Waals surface area contributed by atoms with E-state index in [1.807, 2.05) is 9.80 Å². The van der Waals surface area contributed by atoms with Crippen molar-refractivity contribution >= 4 is 11.8 Å². The van der Waals surface area contributed by atoms with Crippen LogP contribution >= 0.6 is 0 Å². The van der Waals surface area contributed by atoms with E-state index in [4.69, 9.17) is 5.73 Å². The van der Waals surface area contributed by atoms with Crippen molar-refractivity contribution in [3.63, 3.8) is 0 Å². The van der Waals surface area contributed by atoms with Crippen LogP contribution in [0.25, 0.3) is 0 Å². The molecule has 0 aromatic heterocycles. The summed E-state index contributed by atoms with van der Waals surface area (Å²) in [6.45, 7) is 7.21. The second-order valence-electron chi connectivity index (χ2n) is 5.66. The maximum atomic E-state index is 12.5. The van der Waals surface area contributed by atoms with Gasteiger partial charge in [-0.05, 0) is 18.9 Å². The highest BCUT2D eigenvalue weighted by Gasteiger charge is 2.33. The van der Waals surface area contributed by atoms with Crippen molar-refractivity contribution in [3.05, 3.63) is 0 Å². The average molecular weight is 268 g/mol.